The van der Waals surface area contributed by atoms with Gasteiger partial charge in [-0.3, -0.25) is 29.3 Å². The number of aromatic amines is 1. The molecule has 5 atom stereocenters. The lowest BCUT2D eigenvalue weighted by atomic mass is 9.97. The van der Waals surface area contributed by atoms with Crippen LogP contribution in [0, 0.1) is 4.77 Å². The molecule has 0 radical (unpaired) electrons. The Balaban J connectivity index is 2.10. The van der Waals surface area contributed by atoms with Crippen molar-refractivity contribution in [2.45, 2.75) is 58.3 Å². The van der Waals surface area contributed by atoms with E-state index in [2.05, 4.69) is 15.1 Å². The van der Waals surface area contributed by atoms with Crippen molar-refractivity contribution in [3.05, 3.63) is 29.3 Å². The van der Waals surface area contributed by atoms with Gasteiger partial charge in [0.2, 0.25) is 4.77 Å². The summed E-state index contributed by atoms with van der Waals surface area (Å²) < 4.78 is 28.7. The van der Waals surface area contributed by atoms with E-state index in [4.69, 9.17) is 35.9 Å². The molecule has 1 aliphatic heterocycles. The minimum Gasteiger partial charge on any atom is -0.463 e. The fourth-order valence-corrected chi connectivity index (χ4v) is 3.80. The molecule has 1 fully saturated rings. The van der Waals surface area contributed by atoms with Crippen molar-refractivity contribution in [2.75, 3.05) is 6.61 Å². The SMILES string of the molecule is CC(=O)OC[C@H]1O[C@@H](n2[nH]c(-c3cccnc3)nc2=S)[C@H](OC(C)=O)[C@@H](OC(C)=O)[C@@H]1OC(C)=O. The van der Waals surface area contributed by atoms with E-state index in [1.165, 1.54) is 11.6 Å². The molecule has 13 nitrogen and oxygen atoms in total. The molecule has 0 aliphatic carbocycles. The van der Waals surface area contributed by atoms with Gasteiger partial charge < -0.3 is 23.7 Å². The topological polar surface area (TPSA) is 161 Å². The van der Waals surface area contributed by atoms with E-state index in [-0.39, 0.29) is 11.4 Å². The molecular formula is C21H24N4O9S. The number of esters is 4. The van der Waals surface area contributed by atoms with E-state index in [1.54, 1.807) is 24.5 Å². The molecule has 1 saturated heterocycles. The summed E-state index contributed by atoms with van der Waals surface area (Å²) in [4.78, 5) is 55.6. The Labute approximate surface area is 204 Å². The molecule has 3 heterocycles. The van der Waals surface area contributed by atoms with Crippen LogP contribution in [0.3, 0.4) is 0 Å². The maximum atomic E-state index is 12.0. The molecule has 0 bridgehead atoms. The van der Waals surface area contributed by atoms with E-state index in [0.29, 0.717) is 11.4 Å². The Morgan fingerprint density at radius 1 is 1.00 bits per heavy atom. The van der Waals surface area contributed by atoms with Gasteiger partial charge in [-0.15, -0.1) is 0 Å². The van der Waals surface area contributed by atoms with Crippen LogP contribution in [0.25, 0.3) is 11.4 Å². The second-order valence-corrected chi connectivity index (χ2v) is 7.92. The fraction of sp³-hybridized carbons (Fsp3) is 0.476. The third kappa shape index (κ3) is 6.48. The van der Waals surface area contributed by atoms with Gasteiger partial charge in [-0.05, 0) is 24.4 Å². The summed E-state index contributed by atoms with van der Waals surface area (Å²) in [6, 6.07) is 3.46. The molecule has 0 amide bonds. The van der Waals surface area contributed by atoms with E-state index in [0.717, 1.165) is 20.8 Å². The van der Waals surface area contributed by atoms with Crippen LogP contribution in [0.5, 0.6) is 0 Å². The number of rotatable bonds is 7. The molecule has 14 heteroatoms. The Hall–Kier alpha value is -3.65. The monoisotopic (exact) mass is 508 g/mol. The molecule has 2 aromatic heterocycles. The Bertz CT molecular complexity index is 1150. The van der Waals surface area contributed by atoms with Crippen molar-refractivity contribution < 1.29 is 42.9 Å². The molecule has 0 unspecified atom stereocenters. The Kier molecular flexibility index (Phi) is 8.30. The molecular weight excluding hydrogens is 484 g/mol. The van der Waals surface area contributed by atoms with Crippen LogP contribution in [-0.4, -0.2) is 74.6 Å². The highest BCUT2D eigenvalue weighted by atomic mass is 32.1. The molecule has 35 heavy (non-hydrogen) atoms. The quantitative estimate of drug-likeness (QED) is 0.324. The van der Waals surface area contributed by atoms with Crippen molar-refractivity contribution in [1.29, 1.82) is 0 Å². The lowest BCUT2D eigenvalue weighted by Gasteiger charge is -2.44. The van der Waals surface area contributed by atoms with Crippen LogP contribution in [-0.2, 0) is 42.9 Å². The highest BCUT2D eigenvalue weighted by molar-refractivity contribution is 7.71. The van der Waals surface area contributed by atoms with Gasteiger partial charge in [0.05, 0.1) is 0 Å². The summed E-state index contributed by atoms with van der Waals surface area (Å²) in [7, 11) is 0. The van der Waals surface area contributed by atoms with Crippen LogP contribution >= 0.6 is 12.2 Å². The third-order valence-electron chi connectivity index (χ3n) is 4.80. The molecule has 0 aromatic carbocycles. The van der Waals surface area contributed by atoms with Crippen molar-refractivity contribution in [1.82, 2.24) is 19.7 Å². The number of aromatic nitrogens is 4. The predicted molar refractivity (Wildman–Crippen MR) is 118 cm³/mol. The van der Waals surface area contributed by atoms with Crippen molar-refractivity contribution in [3.63, 3.8) is 0 Å². The smallest absolute Gasteiger partial charge is 0.303 e. The van der Waals surface area contributed by atoms with Gasteiger partial charge in [-0.1, -0.05) is 0 Å². The first-order chi connectivity index (χ1) is 16.6. The van der Waals surface area contributed by atoms with E-state index in [1.807, 2.05) is 0 Å². The van der Waals surface area contributed by atoms with Crippen molar-refractivity contribution in [2.24, 2.45) is 0 Å². The van der Waals surface area contributed by atoms with Gasteiger partial charge in [0.15, 0.2) is 30.4 Å². The van der Waals surface area contributed by atoms with Gasteiger partial charge in [0.25, 0.3) is 0 Å². The largest absolute Gasteiger partial charge is 0.463 e. The number of carbonyl (C=O) groups excluding carboxylic acids is 4. The number of carbonyl (C=O) groups is 4. The third-order valence-corrected chi connectivity index (χ3v) is 5.08. The first kappa shape index (κ1) is 26.0. The molecule has 0 spiro atoms. The van der Waals surface area contributed by atoms with Crippen LogP contribution in [0.2, 0.25) is 0 Å². The zero-order chi connectivity index (χ0) is 25.7. The van der Waals surface area contributed by atoms with Gasteiger partial charge in [0, 0.05) is 45.7 Å². The minimum absolute atomic E-state index is 0.0183. The summed E-state index contributed by atoms with van der Waals surface area (Å²) in [6.07, 6.45) is -3.10. The highest BCUT2D eigenvalue weighted by Gasteiger charge is 2.53. The average molecular weight is 509 g/mol. The average Bonchev–Trinajstić information content (AvgIpc) is 3.16. The van der Waals surface area contributed by atoms with Gasteiger partial charge in [-0.2, -0.15) is 4.98 Å². The first-order valence-corrected chi connectivity index (χ1v) is 10.9. The number of nitrogens with one attached hydrogen (secondary N) is 1. The van der Waals surface area contributed by atoms with Gasteiger partial charge in [0.1, 0.15) is 12.7 Å². The zero-order valence-electron chi connectivity index (χ0n) is 19.3. The number of ether oxygens (including phenoxy) is 5. The van der Waals surface area contributed by atoms with Crippen LogP contribution in [0.15, 0.2) is 24.5 Å². The predicted octanol–water partition coefficient (Wildman–Crippen LogP) is 1.26. The number of H-pyrrole nitrogens is 1. The van der Waals surface area contributed by atoms with E-state index < -0.39 is 54.5 Å². The standard InChI is InChI=1S/C21H24N4O9S/c1-10(26)30-9-15-16(31-11(2)27)17(32-12(3)28)18(33-13(4)29)20(34-15)25-21(35)23-19(24-25)14-6-5-7-22-8-14/h5-8,15-18,20H,9H2,1-4H3,(H,23,24,35)/t15-,16-,17+,18-,20-/m1/s1. The highest BCUT2D eigenvalue weighted by Crippen LogP contribution is 2.35. The number of hydrogen-bond donors (Lipinski definition) is 1. The summed E-state index contributed by atoms with van der Waals surface area (Å²) in [5.74, 6) is -2.45. The van der Waals surface area contributed by atoms with E-state index >= 15 is 0 Å². The van der Waals surface area contributed by atoms with Crippen LogP contribution < -0.4 is 0 Å². The molecule has 0 saturated carbocycles. The number of pyridine rings is 1. The molecule has 2 aromatic rings. The summed E-state index contributed by atoms with van der Waals surface area (Å²) in [5.41, 5.74) is 0.614. The zero-order valence-corrected chi connectivity index (χ0v) is 20.1. The fourth-order valence-electron chi connectivity index (χ4n) is 3.55. The van der Waals surface area contributed by atoms with Gasteiger partial charge >= 0.3 is 23.9 Å². The second-order valence-electron chi connectivity index (χ2n) is 7.56. The Morgan fingerprint density at radius 3 is 2.20 bits per heavy atom. The van der Waals surface area contributed by atoms with Crippen molar-refractivity contribution >= 4 is 36.1 Å². The molecule has 188 valence electrons. The number of hydrogen-bond acceptors (Lipinski definition) is 12. The molecule has 1 N–H and O–H groups in total. The molecule has 1 aliphatic rings. The summed E-state index contributed by atoms with van der Waals surface area (Å²) in [6.45, 7) is 4.28. The maximum Gasteiger partial charge on any atom is 0.303 e. The second kappa shape index (κ2) is 11.2. The normalized spacial score (nSPS) is 23.7. The van der Waals surface area contributed by atoms with Gasteiger partial charge in [-0.25, -0.2) is 4.68 Å². The van der Waals surface area contributed by atoms with E-state index in [9.17, 15) is 19.2 Å². The van der Waals surface area contributed by atoms with Crippen LogP contribution in [0.4, 0.5) is 0 Å². The molecule has 3 rings (SSSR count). The lowest BCUT2D eigenvalue weighted by Crippen LogP contribution is -2.60. The lowest BCUT2D eigenvalue weighted by molar-refractivity contribution is -0.270. The number of nitrogens with zero attached hydrogens (tertiary/aromatic N) is 3. The minimum atomic E-state index is -1.33. The Morgan fingerprint density at radius 2 is 1.63 bits per heavy atom. The van der Waals surface area contributed by atoms with Crippen LogP contribution in [0.1, 0.15) is 33.9 Å². The summed E-state index contributed by atoms with van der Waals surface area (Å²) in [5, 5.41) is 2.97. The van der Waals surface area contributed by atoms with Crippen molar-refractivity contribution in [3.8, 4) is 11.4 Å². The first-order valence-electron chi connectivity index (χ1n) is 10.5. The maximum absolute atomic E-state index is 12.0. The summed E-state index contributed by atoms with van der Waals surface area (Å²) >= 11 is 5.39.